The molecule has 1 aromatic heterocycles. The summed E-state index contributed by atoms with van der Waals surface area (Å²) in [6.07, 6.45) is 1.98. The Labute approximate surface area is 177 Å². The van der Waals surface area contributed by atoms with Crippen molar-refractivity contribution in [3.8, 4) is 0 Å². The fourth-order valence-corrected chi connectivity index (χ4v) is 3.11. The topological polar surface area (TPSA) is 97.4 Å². The number of alkyl carbamates (subject to hydrolysis) is 1. The van der Waals surface area contributed by atoms with Gasteiger partial charge in [-0.25, -0.2) is 9.78 Å². The van der Waals surface area contributed by atoms with Gasteiger partial charge in [0.25, 0.3) is 0 Å². The van der Waals surface area contributed by atoms with E-state index in [-0.39, 0.29) is 12.1 Å². The molecule has 2 aromatic rings. The maximum atomic E-state index is 12.2. The molecule has 8 nitrogen and oxygen atoms in total. The molecule has 1 aromatic carbocycles. The number of carbonyl (C=O) groups excluding carboxylic acids is 1. The van der Waals surface area contributed by atoms with Crippen LogP contribution in [0.3, 0.4) is 0 Å². The third-order valence-electron chi connectivity index (χ3n) is 4.66. The van der Waals surface area contributed by atoms with Crippen LogP contribution in [0.15, 0.2) is 30.5 Å². The van der Waals surface area contributed by atoms with Gasteiger partial charge >= 0.3 is 6.09 Å². The van der Waals surface area contributed by atoms with Gasteiger partial charge in [0.05, 0.1) is 30.6 Å². The van der Waals surface area contributed by atoms with Gasteiger partial charge in [0, 0.05) is 12.3 Å². The van der Waals surface area contributed by atoms with Gasteiger partial charge in [-0.15, -0.1) is 0 Å². The lowest BCUT2D eigenvalue weighted by Gasteiger charge is -2.33. The Bertz CT molecular complexity index is 864. The normalized spacial score (nSPS) is 19.1. The minimum absolute atomic E-state index is 0.0458. The van der Waals surface area contributed by atoms with Crippen LogP contribution < -0.4 is 16.0 Å². The molecule has 1 fully saturated rings. The third kappa shape index (κ3) is 6.32. The zero-order chi connectivity index (χ0) is 21.7. The molecule has 3 N–H and O–H groups in total. The van der Waals surface area contributed by atoms with E-state index in [4.69, 9.17) is 9.47 Å². The first kappa shape index (κ1) is 21.8. The highest BCUT2D eigenvalue weighted by Gasteiger charge is 2.29. The van der Waals surface area contributed by atoms with E-state index in [9.17, 15) is 4.79 Å². The molecule has 0 saturated carbocycles. The molecule has 1 aliphatic rings. The van der Waals surface area contributed by atoms with Gasteiger partial charge in [0.2, 0.25) is 0 Å². The average molecular weight is 414 g/mol. The number of hydrogen-bond donors (Lipinski definition) is 3. The Kier molecular flexibility index (Phi) is 6.77. The van der Waals surface area contributed by atoms with Crippen molar-refractivity contribution in [3.05, 3.63) is 41.7 Å². The Hall–Kier alpha value is -2.87. The minimum atomic E-state index is -0.554. The Balaban J connectivity index is 1.69. The number of nitrogens with zero attached hydrogens (tertiary/aromatic N) is 2. The van der Waals surface area contributed by atoms with Gasteiger partial charge in [-0.1, -0.05) is 17.7 Å². The summed E-state index contributed by atoms with van der Waals surface area (Å²) in [7, 11) is 0. The Morgan fingerprint density at radius 2 is 1.90 bits per heavy atom. The van der Waals surface area contributed by atoms with Crippen molar-refractivity contribution in [1.29, 1.82) is 0 Å². The Morgan fingerprint density at radius 1 is 1.17 bits per heavy atom. The zero-order valence-corrected chi connectivity index (χ0v) is 18.3. The van der Waals surface area contributed by atoms with Crippen LogP contribution in [0.1, 0.15) is 38.4 Å². The summed E-state index contributed by atoms with van der Waals surface area (Å²) in [6.45, 7) is 10.5. The first-order valence-corrected chi connectivity index (χ1v) is 10.2. The van der Waals surface area contributed by atoms with Gasteiger partial charge in [-0.05, 0) is 53.2 Å². The number of anilines is 3. The van der Waals surface area contributed by atoms with Crippen LogP contribution in [-0.4, -0.2) is 47.0 Å². The van der Waals surface area contributed by atoms with Crippen LogP contribution in [-0.2, 0) is 9.47 Å². The predicted octanol–water partition coefficient (Wildman–Crippen LogP) is 3.93. The monoisotopic (exact) mass is 413 g/mol. The average Bonchev–Trinajstić information content (AvgIpc) is 2.66. The predicted molar refractivity (Wildman–Crippen MR) is 117 cm³/mol. The largest absolute Gasteiger partial charge is 0.444 e. The number of carbonyl (C=O) groups is 1. The number of nitrogens with one attached hydrogen (secondary N) is 3. The first-order valence-electron chi connectivity index (χ1n) is 10.2. The highest BCUT2D eigenvalue weighted by Crippen LogP contribution is 2.21. The third-order valence-corrected chi connectivity index (χ3v) is 4.66. The van der Waals surface area contributed by atoms with Crippen molar-refractivity contribution in [2.75, 3.05) is 23.8 Å². The van der Waals surface area contributed by atoms with E-state index in [1.54, 1.807) is 6.20 Å². The molecule has 1 saturated heterocycles. The van der Waals surface area contributed by atoms with Gasteiger partial charge in [-0.3, -0.25) is 4.98 Å². The number of hydrogen-bond acceptors (Lipinski definition) is 7. The second-order valence-corrected chi connectivity index (χ2v) is 8.55. The molecule has 0 radical (unpaired) electrons. The van der Waals surface area contributed by atoms with Crippen molar-refractivity contribution >= 4 is 23.4 Å². The summed E-state index contributed by atoms with van der Waals surface area (Å²) in [6, 6.07) is 7.83. The van der Waals surface area contributed by atoms with Gasteiger partial charge in [0.1, 0.15) is 11.4 Å². The van der Waals surface area contributed by atoms with Crippen molar-refractivity contribution < 1.29 is 14.3 Å². The molecule has 1 amide bonds. The summed E-state index contributed by atoms with van der Waals surface area (Å²) in [5.74, 6) is 1.32. The van der Waals surface area contributed by atoms with Gasteiger partial charge in [0.15, 0.2) is 5.82 Å². The summed E-state index contributed by atoms with van der Waals surface area (Å²) in [5.41, 5.74) is 2.39. The van der Waals surface area contributed by atoms with Crippen molar-refractivity contribution in [1.82, 2.24) is 15.3 Å². The van der Waals surface area contributed by atoms with Crippen LogP contribution in [0.25, 0.3) is 0 Å². The van der Waals surface area contributed by atoms with Crippen LogP contribution in [0.2, 0.25) is 0 Å². The van der Waals surface area contributed by atoms with Crippen LogP contribution in [0.4, 0.5) is 22.1 Å². The summed E-state index contributed by atoms with van der Waals surface area (Å²) >= 11 is 0. The lowest BCUT2D eigenvalue weighted by Crippen LogP contribution is -2.53. The standard InChI is InChI=1S/C22H31N5O3/c1-14-6-8-16(9-7-14)24-20-15(2)23-12-19(27-20)25-17-10-11-29-13-18(17)26-21(28)30-22(3,4)5/h6-9,12,17-18H,10-11,13H2,1-5H3,(H,26,28)(H2,24,25,27). The number of aryl methyl sites for hydroxylation is 2. The number of rotatable bonds is 5. The zero-order valence-electron chi connectivity index (χ0n) is 18.3. The van der Waals surface area contributed by atoms with E-state index in [1.165, 1.54) is 5.56 Å². The van der Waals surface area contributed by atoms with E-state index in [0.29, 0.717) is 24.8 Å². The van der Waals surface area contributed by atoms with Crippen molar-refractivity contribution in [2.45, 2.75) is 58.7 Å². The second kappa shape index (κ2) is 9.30. The summed E-state index contributed by atoms with van der Waals surface area (Å²) in [4.78, 5) is 21.3. The number of aromatic nitrogens is 2. The maximum Gasteiger partial charge on any atom is 0.408 e. The molecule has 0 spiro atoms. The molecule has 1 aliphatic heterocycles. The highest BCUT2D eigenvalue weighted by molar-refractivity contribution is 5.68. The molecular weight excluding hydrogens is 382 g/mol. The van der Waals surface area contributed by atoms with E-state index in [1.807, 2.05) is 52.0 Å². The van der Waals surface area contributed by atoms with E-state index in [0.717, 1.165) is 17.8 Å². The van der Waals surface area contributed by atoms with E-state index < -0.39 is 11.7 Å². The minimum Gasteiger partial charge on any atom is -0.444 e. The molecule has 8 heteroatoms. The smallest absolute Gasteiger partial charge is 0.408 e. The molecule has 2 atom stereocenters. The van der Waals surface area contributed by atoms with Crippen LogP contribution in [0, 0.1) is 13.8 Å². The van der Waals surface area contributed by atoms with Crippen LogP contribution in [0.5, 0.6) is 0 Å². The molecule has 30 heavy (non-hydrogen) atoms. The molecular formula is C22H31N5O3. The van der Waals surface area contributed by atoms with Crippen molar-refractivity contribution in [3.63, 3.8) is 0 Å². The molecule has 2 heterocycles. The van der Waals surface area contributed by atoms with Gasteiger partial charge < -0.3 is 25.4 Å². The number of benzene rings is 1. The SMILES string of the molecule is Cc1ccc(Nc2nc(NC3CCOCC3NC(=O)OC(C)(C)C)cnc2C)cc1. The second-order valence-electron chi connectivity index (χ2n) is 8.55. The van der Waals surface area contributed by atoms with Crippen molar-refractivity contribution in [2.24, 2.45) is 0 Å². The fraction of sp³-hybridized carbons (Fsp3) is 0.500. The fourth-order valence-electron chi connectivity index (χ4n) is 3.11. The van der Waals surface area contributed by atoms with E-state index in [2.05, 4.69) is 32.8 Å². The summed E-state index contributed by atoms with van der Waals surface area (Å²) < 4.78 is 10.9. The lowest BCUT2D eigenvalue weighted by atomic mass is 10.0. The quantitative estimate of drug-likeness (QED) is 0.683. The van der Waals surface area contributed by atoms with Crippen LogP contribution >= 0.6 is 0 Å². The molecule has 0 aliphatic carbocycles. The number of ether oxygens (including phenoxy) is 2. The highest BCUT2D eigenvalue weighted by atomic mass is 16.6. The lowest BCUT2D eigenvalue weighted by molar-refractivity contribution is 0.0318. The molecule has 2 unspecified atom stereocenters. The molecule has 0 bridgehead atoms. The number of amides is 1. The van der Waals surface area contributed by atoms with Gasteiger partial charge in [-0.2, -0.15) is 0 Å². The van der Waals surface area contributed by atoms with E-state index >= 15 is 0 Å². The molecule has 162 valence electrons. The first-order chi connectivity index (χ1) is 14.2. The summed E-state index contributed by atoms with van der Waals surface area (Å²) in [5, 5.41) is 9.62. The molecule has 3 rings (SSSR count). The maximum absolute atomic E-state index is 12.2. The Morgan fingerprint density at radius 3 is 2.60 bits per heavy atom.